The molecule has 2 aromatic heterocycles. The monoisotopic (exact) mass is 327 g/mol. The number of halogens is 3. The first-order chi connectivity index (χ1) is 8.88. The van der Waals surface area contributed by atoms with Crippen molar-refractivity contribution in [3.8, 4) is 0 Å². The molecule has 0 unspecified atom stereocenters. The predicted molar refractivity (Wildman–Crippen MR) is 63.5 cm³/mol. The van der Waals surface area contributed by atoms with Gasteiger partial charge in [0.15, 0.2) is 10.0 Å². The summed E-state index contributed by atoms with van der Waals surface area (Å²) in [7, 11) is 0. The van der Waals surface area contributed by atoms with Crippen molar-refractivity contribution in [3.63, 3.8) is 0 Å². The highest BCUT2D eigenvalue weighted by Gasteiger charge is 2.39. The Bertz CT molecular complexity index is 582. The lowest BCUT2D eigenvalue weighted by atomic mass is 10.3. The van der Waals surface area contributed by atoms with Crippen LogP contribution in [0.25, 0.3) is 0 Å². The van der Waals surface area contributed by atoms with Crippen LogP contribution in [-0.2, 0) is 11.9 Å². The Balaban J connectivity index is 2.20. The van der Waals surface area contributed by atoms with Crippen LogP contribution in [-0.4, -0.2) is 26.3 Å². The number of aromatic nitrogens is 3. The Morgan fingerprint density at radius 2 is 2.21 bits per heavy atom. The van der Waals surface area contributed by atoms with Gasteiger partial charge in [-0.1, -0.05) is 11.8 Å². The van der Waals surface area contributed by atoms with Gasteiger partial charge in [-0.25, -0.2) is 9.78 Å². The average molecular weight is 327 g/mol. The highest BCUT2D eigenvalue weighted by atomic mass is 32.2. The summed E-state index contributed by atoms with van der Waals surface area (Å²) in [5, 5.41) is 16.7. The fraction of sp³-hybridized carbons (Fsp3) is 0.250. The van der Waals surface area contributed by atoms with Gasteiger partial charge in [0.05, 0.1) is 5.75 Å². The van der Waals surface area contributed by atoms with Crippen molar-refractivity contribution in [1.82, 2.24) is 15.2 Å². The zero-order chi connectivity index (χ0) is 14.0. The van der Waals surface area contributed by atoms with E-state index < -0.39 is 22.7 Å². The maximum absolute atomic E-state index is 12.6. The molecule has 1 N–H and O–H groups in total. The second kappa shape index (κ2) is 5.43. The fourth-order valence-electron chi connectivity index (χ4n) is 1.08. The second-order valence-corrected chi connectivity index (χ2v) is 6.22. The van der Waals surface area contributed by atoms with E-state index in [1.807, 2.05) is 0 Å². The third-order valence-electron chi connectivity index (χ3n) is 1.79. The SMILES string of the molecule is O=C(O)c1sc(SCc2nncs2)nc1C(F)(F)F. The summed E-state index contributed by atoms with van der Waals surface area (Å²) < 4.78 is 37.8. The van der Waals surface area contributed by atoms with Gasteiger partial charge in [0, 0.05) is 0 Å². The van der Waals surface area contributed by atoms with Crippen molar-refractivity contribution >= 4 is 40.4 Å². The first-order valence-electron chi connectivity index (χ1n) is 4.57. The third-order valence-corrected chi connectivity index (χ3v) is 4.87. The Labute approximate surface area is 116 Å². The van der Waals surface area contributed by atoms with E-state index in [0.29, 0.717) is 22.1 Å². The molecule has 11 heteroatoms. The zero-order valence-electron chi connectivity index (χ0n) is 8.84. The predicted octanol–water partition coefficient (Wildman–Crippen LogP) is 3.00. The number of hydrogen-bond acceptors (Lipinski definition) is 7. The summed E-state index contributed by atoms with van der Waals surface area (Å²) in [6, 6.07) is 0. The van der Waals surface area contributed by atoms with Crippen molar-refractivity contribution in [2.45, 2.75) is 16.3 Å². The van der Waals surface area contributed by atoms with E-state index >= 15 is 0 Å². The molecule has 0 radical (unpaired) electrons. The van der Waals surface area contributed by atoms with E-state index in [4.69, 9.17) is 5.11 Å². The average Bonchev–Trinajstić information content (AvgIpc) is 2.94. The molecule has 0 bridgehead atoms. The van der Waals surface area contributed by atoms with E-state index in [9.17, 15) is 18.0 Å². The number of carboxylic acids is 1. The minimum atomic E-state index is -4.77. The van der Waals surface area contributed by atoms with Gasteiger partial charge in [0.1, 0.15) is 15.4 Å². The molecule has 0 saturated carbocycles. The van der Waals surface area contributed by atoms with Gasteiger partial charge in [-0.2, -0.15) is 13.2 Å². The first-order valence-corrected chi connectivity index (χ1v) is 7.25. The lowest BCUT2D eigenvalue weighted by molar-refractivity contribution is -0.141. The highest BCUT2D eigenvalue weighted by molar-refractivity contribution is 8.00. The van der Waals surface area contributed by atoms with E-state index in [2.05, 4.69) is 15.2 Å². The maximum atomic E-state index is 12.6. The third kappa shape index (κ3) is 3.42. The Morgan fingerprint density at radius 3 is 2.68 bits per heavy atom. The van der Waals surface area contributed by atoms with Crippen LogP contribution < -0.4 is 0 Å². The number of thiazole rings is 1. The van der Waals surface area contributed by atoms with Crippen LogP contribution in [0.5, 0.6) is 0 Å². The van der Waals surface area contributed by atoms with Gasteiger partial charge in [-0.15, -0.1) is 32.9 Å². The number of carbonyl (C=O) groups is 1. The van der Waals surface area contributed by atoms with Crippen LogP contribution in [0.3, 0.4) is 0 Å². The molecule has 0 amide bonds. The van der Waals surface area contributed by atoms with Gasteiger partial charge in [-0.3, -0.25) is 0 Å². The molecule has 2 aromatic rings. The summed E-state index contributed by atoms with van der Waals surface area (Å²) >= 11 is 2.76. The molecule has 0 aromatic carbocycles. The van der Waals surface area contributed by atoms with Crippen molar-refractivity contribution in [3.05, 3.63) is 21.1 Å². The quantitative estimate of drug-likeness (QED) is 0.870. The van der Waals surface area contributed by atoms with Crippen molar-refractivity contribution < 1.29 is 23.1 Å². The molecule has 0 atom stereocenters. The van der Waals surface area contributed by atoms with Crippen molar-refractivity contribution in [2.24, 2.45) is 0 Å². The largest absolute Gasteiger partial charge is 0.477 e. The summed E-state index contributed by atoms with van der Waals surface area (Å²) in [6.45, 7) is 0. The number of thioether (sulfide) groups is 1. The molecule has 5 nitrogen and oxygen atoms in total. The maximum Gasteiger partial charge on any atom is 0.435 e. The normalized spacial score (nSPS) is 11.7. The second-order valence-electron chi connectivity index (χ2n) is 3.08. The summed E-state index contributed by atoms with van der Waals surface area (Å²) in [5.74, 6) is -1.33. The van der Waals surface area contributed by atoms with Crippen molar-refractivity contribution in [2.75, 3.05) is 0 Å². The highest BCUT2D eigenvalue weighted by Crippen LogP contribution is 2.38. The zero-order valence-corrected chi connectivity index (χ0v) is 11.3. The van der Waals surface area contributed by atoms with Gasteiger partial charge in [-0.05, 0) is 0 Å². The number of rotatable bonds is 4. The van der Waals surface area contributed by atoms with Crippen LogP contribution >= 0.6 is 34.4 Å². The van der Waals surface area contributed by atoms with Gasteiger partial charge in [0.25, 0.3) is 0 Å². The van der Waals surface area contributed by atoms with Crippen LogP contribution in [0.15, 0.2) is 9.85 Å². The van der Waals surface area contributed by atoms with Crippen LogP contribution in [0.4, 0.5) is 13.2 Å². The standard InChI is InChI=1S/C8H4F3N3O2S3/c9-8(10,11)5-4(6(15)16)19-7(13-5)17-1-3-14-12-2-18-3/h2H,1H2,(H,15,16). The molecule has 2 rings (SSSR count). The minimum Gasteiger partial charge on any atom is -0.477 e. The van der Waals surface area contributed by atoms with Crippen LogP contribution in [0.2, 0.25) is 0 Å². The van der Waals surface area contributed by atoms with E-state index in [1.54, 1.807) is 0 Å². The summed E-state index contributed by atoms with van der Waals surface area (Å²) in [5.41, 5.74) is 0.145. The van der Waals surface area contributed by atoms with Crippen molar-refractivity contribution in [1.29, 1.82) is 0 Å². The Hall–Kier alpha value is -1.20. The number of carboxylic acid groups (broad SMARTS) is 1. The molecular formula is C8H4F3N3O2S3. The number of aromatic carboxylic acids is 1. The number of nitrogens with zero attached hydrogens (tertiary/aromatic N) is 3. The molecule has 0 aliphatic rings. The van der Waals surface area contributed by atoms with E-state index in [1.165, 1.54) is 16.8 Å². The van der Waals surface area contributed by atoms with E-state index in [-0.39, 0.29) is 4.34 Å². The lowest BCUT2D eigenvalue weighted by Gasteiger charge is -2.02. The Morgan fingerprint density at radius 1 is 1.47 bits per heavy atom. The molecule has 2 heterocycles. The lowest BCUT2D eigenvalue weighted by Crippen LogP contribution is -2.11. The van der Waals surface area contributed by atoms with Crippen LogP contribution in [0, 0.1) is 0 Å². The van der Waals surface area contributed by atoms with Gasteiger partial charge < -0.3 is 5.11 Å². The minimum absolute atomic E-state index is 0.0416. The molecule has 0 aliphatic heterocycles. The molecule has 19 heavy (non-hydrogen) atoms. The first kappa shape index (κ1) is 14.2. The molecule has 102 valence electrons. The van der Waals surface area contributed by atoms with E-state index in [0.717, 1.165) is 11.8 Å². The summed E-state index contributed by atoms with van der Waals surface area (Å²) in [6.07, 6.45) is -4.77. The number of alkyl halides is 3. The van der Waals surface area contributed by atoms with Gasteiger partial charge in [0.2, 0.25) is 0 Å². The molecule has 0 aliphatic carbocycles. The molecular weight excluding hydrogens is 323 g/mol. The molecule has 0 saturated heterocycles. The topological polar surface area (TPSA) is 76.0 Å². The van der Waals surface area contributed by atoms with Gasteiger partial charge >= 0.3 is 12.1 Å². The Kier molecular flexibility index (Phi) is 4.06. The number of hydrogen-bond donors (Lipinski definition) is 1. The smallest absolute Gasteiger partial charge is 0.435 e. The fourth-order valence-corrected chi connectivity index (χ4v) is 3.62. The van der Waals surface area contributed by atoms with Crippen LogP contribution in [0.1, 0.15) is 20.4 Å². The molecule has 0 fully saturated rings. The molecule has 0 spiro atoms. The summed E-state index contributed by atoms with van der Waals surface area (Å²) in [4.78, 5) is 13.3.